The summed E-state index contributed by atoms with van der Waals surface area (Å²) in [4.78, 5) is 28.0. The summed E-state index contributed by atoms with van der Waals surface area (Å²) in [5.41, 5.74) is 2.44. The molecule has 37 heavy (non-hydrogen) atoms. The SMILES string of the molecule is CCOc1ccccc1N(CCCC(=O)N(Cc1ccccc1C)C(C)C(=O)NC(C)CC)S(C)(=O)=O. The minimum atomic E-state index is -3.61. The molecule has 1 N–H and O–H groups in total. The van der Waals surface area contributed by atoms with Crippen molar-refractivity contribution in [3.8, 4) is 5.75 Å². The monoisotopic (exact) mass is 531 g/mol. The van der Waals surface area contributed by atoms with Gasteiger partial charge >= 0.3 is 0 Å². The number of sulfonamides is 1. The number of benzene rings is 2. The van der Waals surface area contributed by atoms with E-state index in [4.69, 9.17) is 4.74 Å². The van der Waals surface area contributed by atoms with Gasteiger partial charge in [-0.15, -0.1) is 0 Å². The summed E-state index contributed by atoms with van der Waals surface area (Å²) in [6, 6.07) is 14.1. The third kappa shape index (κ3) is 8.77. The molecule has 0 aliphatic heterocycles. The number of nitrogens with one attached hydrogen (secondary N) is 1. The molecule has 9 heteroatoms. The molecular weight excluding hydrogens is 490 g/mol. The lowest BCUT2D eigenvalue weighted by molar-refractivity contribution is -0.140. The van der Waals surface area contributed by atoms with Crippen molar-refractivity contribution in [2.24, 2.45) is 0 Å². The molecule has 0 aliphatic carbocycles. The van der Waals surface area contributed by atoms with Gasteiger partial charge in [0.2, 0.25) is 21.8 Å². The molecule has 0 saturated heterocycles. The predicted octanol–water partition coefficient (Wildman–Crippen LogP) is 4.27. The van der Waals surface area contributed by atoms with E-state index in [1.165, 1.54) is 4.31 Å². The highest BCUT2D eigenvalue weighted by Gasteiger charge is 2.28. The van der Waals surface area contributed by atoms with Crippen LogP contribution in [0.4, 0.5) is 5.69 Å². The van der Waals surface area contributed by atoms with Crippen LogP contribution in [0, 0.1) is 6.92 Å². The molecule has 0 aromatic heterocycles. The number of hydrogen-bond acceptors (Lipinski definition) is 5. The number of carbonyl (C=O) groups excluding carboxylic acids is 2. The van der Waals surface area contributed by atoms with Crippen LogP contribution in [-0.4, -0.2) is 56.6 Å². The molecule has 2 rings (SSSR count). The number of para-hydroxylation sites is 2. The van der Waals surface area contributed by atoms with Crippen LogP contribution in [-0.2, 0) is 26.2 Å². The zero-order valence-electron chi connectivity index (χ0n) is 22.9. The van der Waals surface area contributed by atoms with Gasteiger partial charge in [-0.2, -0.15) is 0 Å². The molecule has 0 spiro atoms. The first-order valence-corrected chi connectivity index (χ1v) is 14.7. The lowest BCUT2D eigenvalue weighted by Gasteiger charge is -2.30. The highest BCUT2D eigenvalue weighted by molar-refractivity contribution is 7.92. The van der Waals surface area contributed by atoms with E-state index in [-0.39, 0.29) is 37.2 Å². The highest BCUT2D eigenvalue weighted by Crippen LogP contribution is 2.30. The van der Waals surface area contributed by atoms with Gasteiger partial charge in [-0.3, -0.25) is 13.9 Å². The number of carbonyl (C=O) groups is 2. The lowest BCUT2D eigenvalue weighted by Crippen LogP contribution is -2.49. The maximum atomic E-state index is 13.5. The maximum Gasteiger partial charge on any atom is 0.242 e. The highest BCUT2D eigenvalue weighted by atomic mass is 32.2. The molecular formula is C28H41N3O5S. The van der Waals surface area contributed by atoms with Gasteiger partial charge in [0.1, 0.15) is 11.8 Å². The van der Waals surface area contributed by atoms with Crippen molar-refractivity contribution in [1.82, 2.24) is 10.2 Å². The van der Waals surface area contributed by atoms with E-state index in [0.717, 1.165) is 23.8 Å². The normalized spacial score (nSPS) is 12.9. The number of hydrogen-bond donors (Lipinski definition) is 1. The second-order valence-electron chi connectivity index (χ2n) is 9.28. The summed E-state index contributed by atoms with van der Waals surface area (Å²) in [5.74, 6) is 0.0551. The molecule has 0 heterocycles. The Balaban J connectivity index is 2.22. The second kappa shape index (κ2) is 14.0. The standard InChI is InChI=1S/C28H41N3O5S/c1-7-22(4)29-28(33)23(5)30(20-24-15-10-9-14-21(24)3)27(32)18-13-19-31(37(6,34)35)25-16-11-12-17-26(25)36-8-2/h9-12,14-17,22-23H,7-8,13,18-20H2,1-6H3,(H,29,33). The molecule has 8 nitrogen and oxygen atoms in total. The lowest BCUT2D eigenvalue weighted by atomic mass is 10.1. The van der Waals surface area contributed by atoms with Crippen molar-refractivity contribution in [1.29, 1.82) is 0 Å². The summed E-state index contributed by atoms with van der Waals surface area (Å²) in [5, 5.41) is 2.96. The Morgan fingerprint density at radius 2 is 1.68 bits per heavy atom. The molecule has 204 valence electrons. The van der Waals surface area contributed by atoms with Crippen LogP contribution in [0.2, 0.25) is 0 Å². The Labute approximate surface area is 222 Å². The van der Waals surface area contributed by atoms with Crippen LogP contribution in [0.15, 0.2) is 48.5 Å². The summed E-state index contributed by atoms with van der Waals surface area (Å²) >= 11 is 0. The Bertz CT molecular complexity index is 1150. The Hall–Kier alpha value is -3.07. The van der Waals surface area contributed by atoms with Crippen molar-refractivity contribution in [2.45, 2.75) is 72.5 Å². The number of amides is 2. The van der Waals surface area contributed by atoms with Crippen molar-refractivity contribution >= 4 is 27.5 Å². The van der Waals surface area contributed by atoms with Gasteiger partial charge in [0.05, 0.1) is 18.6 Å². The van der Waals surface area contributed by atoms with Gasteiger partial charge in [0.15, 0.2) is 0 Å². The van der Waals surface area contributed by atoms with Crippen molar-refractivity contribution in [3.05, 3.63) is 59.7 Å². The van der Waals surface area contributed by atoms with E-state index in [2.05, 4.69) is 5.32 Å². The average molecular weight is 532 g/mol. The summed E-state index contributed by atoms with van der Waals surface area (Å²) in [6.45, 7) is 10.3. The van der Waals surface area contributed by atoms with Crippen LogP contribution >= 0.6 is 0 Å². The van der Waals surface area contributed by atoms with Gasteiger partial charge < -0.3 is 15.0 Å². The minimum absolute atomic E-state index is 0.000842. The van der Waals surface area contributed by atoms with E-state index in [0.29, 0.717) is 24.6 Å². The number of ether oxygens (including phenoxy) is 1. The first kappa shape index (κ1) is 30.2. The number of aryl methyl sites for hydroxylation is 1. The number of rotatable bonds is 14. The van der Waals surface area contributed by atoms with Crippen LogP contribution < -0.4 is 14.4 Å². The molecule has 2 amide bonds. The first-order valence-electron chi connectivity index (χ1n) is 12.8. The van der Waals surface area contributed by atoms with E-state index < -0.39 is 16.1 Å². The maximum absolute atomic E-state index is 13.5. The topological polar surface area (TPSA) is 96.0 Å². The molecule has 0 radical (unpaired) electrons. The smallest absolute Gasteiger partial charge is 0.242 e. The van der Waals surface area contributed by atoms with Crippen molar-refractivity contribution in [3.63, 3.8) is 0 Å². The molecule has 2 atom stereocenters. The van der Waals surface area contributed by atoms with E-state index in [9.17, 15) is 18.0 Å². The van der Waals surface area contributed by atoms with E-state index >= 15 is 0 Å². The summed E-state index contributed by atoms with van der Waals surface area (Å²) < 4.78 is 32.2. The predicted molar refractivity (Wildman–Crippen MR) is 148 cm³/mol. The number of nitrogens with zero attached hydrogens (tertiary/aromatic N) is 2. The van der Waals surface area contributed by atoms with E-state index in [1.807, 2.05) is 52.0 Å². The average Bonchev–Trinajstić information content (AvgIpc) is 2.85. The minimum Gasteiger partial charge on any atom is -0.492 e. The van der Waals surface area contributed by atoms with Crippen molar-refractivity contribution < 1.29 is 22.7 Å². The molecule has 2 aromatic carbocycles. The molecule has 0 aliphatic rings. The van der Waals surface area contributed by atoms with Crippen LogP contribution in [0.3, 0.4) is 0 Å². The van der Waals surface area contributed by atoms with Crippen LogP contribution in [0.25, 0.3) is 0 Å². The molecule has 2 unspecified atom stereocenters. The van der Waals surface area contributed by atoms with Crippen LogP contribution in [0.1, 0.15) is 58.1 Å². The Morgan fingerprint density at radius 1 is 1.03 bits per heavy atom. The molecule has 0 bridgehead atoms. The summed E-state index contributed by atoms with van der Waals surface area (Å²) in [6.07, 6.45) is 2.31. The number of anilines is 1. The molecule has 0 fully saturated rings. The van der Waals surface area contributed by atoms with Gasteiger partial charge in [0, 0.05) is 25.6 Å². The van der Waals surface area contributed by atoms with E-state index in [1.54, 1.807) is 36.1 Å². The Morgan fingerprint density at radius 3 is 2.30 bits per heavy atom. The molecule has 0 saturated carbocycles. The third-order valence-electron chi connectivity index (χ3n) is 6.36. The van der Waals surface area contributed by atoms with Crippen molar-refractivity contribution in [2.75, 3.05) is 23.7 Å². The Kier molecular flexibility index (Phi) is 11.4. The van der Waals surface area contributed by atoms with Gasteiger partial charge in [0.25, 0.3) is 0 Å². The van der Waals surface area contributed by atoms with Gasteiger partial charge in [-0.05, 0) is 63.8 Å². The second-order valence-corrected chi connectivity index (χ2v) is 11.2. The first-order chi connectivity index (χ1) is 17.5. The van der Waals surface area contributed by atoms with Crippen LogP contribution in [0.5, 0.6) is 5.75 Å². The molecule has 2 aromatic rings. The quantitative estimate of drug-likeness (QED) is 0.393. The third-order valence-corrected chi connectivity index (χ3v) is 7.54. The largest absolute Gasteiger partial charge is 0.492 e. The fraction of sp³-hybridized carbons (Fsp3) is 0.500. The van der Waals surface area contributed by atoms with Gasteiger partial charge in [-0.1, -0.05) is 43.3 Å². The zero-order valence-corrected chi connectivity index (χ0v) is 23.7. The fourth-order valence-electron chi connectivity index (χ4n) is 3.94. The van der Waals surface area contributed by atoms with Gasteiger partial charge in [-0.25, -0.2) is 8.42 Å². The summed E-state index contributed by atoms with van der Waals surface area (Å²) in [7, 11) is -3.61. The zero-order chi connectivity index (χ0) is 27.6. The fourth-order valence-corrected chi connectivity index (χ4v) is 4.91.